The molecule has 0 aromatic heterocycles. The summed E-state index contributed by atoms with van der Waals surface area (Å²) < 4.78 is 25.9. The highest BCUT2D eigenvalue weighted by Gasteiger charge is 2.30. The van der Waals surface area contributed by atoms with Gasteiger partial charge in [0.1, 0.15) is 11.4 Å². The fourth-order valence-corrected chi connectivity index (χ4v) is 4.38. The molecule has 0 heterocycles. The predicted octanol–water partition coefficient (Wildman–Crippen LogP) is 6.81. The standard InChI is InChI=1S/C28H36FNO4/c1-8-33-24(31)15-23(30-27(32)34-28(5,6)7)22-14-20(13-18(4)26(22)29)25-17(3)11-16(2)12-21(25)19-9-10-19/h11-14,19,23H,8-10,15H2,1-7H3,(H,30,32)/t23-/m0/s1. The van der Waals surface area contributed by atoms with E-state index in [-0.39, 0.29) is 18.6 Å². The van der Waals surface area contributed by atoms with Gasteiger partial charge in [0, 0.05) is 5.56 Å². The number of aryl methyl sites for hydroxylation is 3. The SMILES string of the molecule is CCOC(=O)C[C@H](NC(=O)OC(C)(C)C)c1cc(-c2c(C)cc(C)cc2C2CC2)cc(C)c1F. The molecule has 1 atom stereocenters. The van der Waals surface area contributed by atoms with E-state index in [1.165, 1.54) is 11.1 Å². The summed E-state index contributed by atoms with van der Waals surface area (Å²) in [4.78, 5) is 24.9. The average molecular weight is 470 g/mol. The first-order valence-corrected chi connectivity index (χ1v) is 12.0. The molecule has 0 spiro atoms. The summed E-state index contributed by atoms with van der Waals surface area (Å²) in [7, 11) is 0. The monoisotopic (exact) mass is 469 g/mol. The minimum atomic E-state index is -0.928. The van der Waals surface area contributed by atoms with Gasteiger partial charge in [-0.2, -0.15) is 0 Å². The summed E-state index contributed by atoms with van der Waals surface area (Å²) in [5, 5.41) is 2.70. The number of carbonyl (C=O) groups excluding carboxylic acids is 2. The number of benzene rings is 2. The fraction of sp³-hybridized carbons (Fsp3) is 0.500. The van der Waals surface area contributed by atoms with Crippen LogP contribution in [0.2, 0.25) is 0 Å². The molecule has 2 aromatic rings. The molecule has 0 unspecified atom stereocenters. The van der Waals surface area contributed by atoms with Crippen LogP contribution < -0.4 is 5.32 Å². The topological polar surface area (TPSA) is 64.6 Å². The van der Waals surface area contributed by atoms with E-state index in [2.05, 4.69) is 31.3 Å². The lowest BCUT2D eigenvalue weighted by atomic mass is 9.87. The Labute approximate surface area is 202 Å². The van der Waals surface area contributed by atoms with Gasteiger partial charge in [-0.05, 0) is 107 Å². The second-order valence-electron chi connectivity index (χ2n) is 10.2. The largest absolute Gasteiger partial charge is 0.466 e. The van der Waals surface area contributed by atoms with Crippen molar-refractivity contribution in [3.05, 3.63) is 57.9 Å². The normalized spacial score (nSPS) is 14.5. The van der Waals surface area contributed by atoms with Crippen LogP contribution in [0.1, 0.15) is 86.7 Å². The highest BCUT2D eigenvalue weighted by Crippen LogP contribution is 2.46. The lowest BCUT2D eigenvalue weighted by Crippen LogP contribution is -2.36. The highest BCUT2D eigenvalue weighted by atomic mass is 19.1. The van der Waals surface area contributed by atoms with Gasteiger partial charge in [0.25, 0.3) is 0 Å². The molecule has 1 fully saturated rings. The Morgan fingerprint density at radius 3 is 2.35 bits per heavy atom. The van der Waals surface area contributed by atoms with E-state index >= 15 is 4.39 Å². The highest BCUT2D eigenvalue weighted by molar-refractivity contribution is 5.76. The molecule has 0 aliphatic heterocycles. The molecule has 1 saturated carbocycles. The maximum atomic E-state index is 15.5. The van der Waals surface area contributed by atoms with Crippen molar-refractivity contribution in [3.8, 4) is 11.1 Å². The third-order valence-corrected chi connectivity index (χ3v) is 5.84. The number of hydrogen-bond donors (Lipinski definition) is 1. The zero-order valence-corrected chi connectivity index (χ0v) is 21.3. The van der Waals surface area contributed by atoms with Crippen LogP contribution in [0, 0.1) is 26.6 Å². The summed E-state index contributed by atoms with van der Waals surface area (Å²) in [5.41, 5.74) is 5.56. The van der Waals surface area contributed by atoms with Gasteiger partial charge in [-0.25, -0.2) is 9.18 Å². The van der Waals surface area contributed by atoms with Gasteiger partial charge in [-0.15, -0.1) is 0 Å². The molecule has 3 rings (SSSR count). The summed E-state index contributed by atoms with van der Waals surface area (Å²) in [6.45, 7) is 13.0. The number of ether oxygens (including phenoxy) is 2. The molecule has 1 aliphatic carbocycles. The number of esters is 1. The first kappa shape index (κ1) is 25.7. The number of alkyl carbamates (subject to hydrolysis) is 1. The Morgan fingerprint density at radius 1 is 1.09 bits per heavy atom. The van der Waals surface area contributed by atoms with Gasteiger partial charge in [0.15, 0.2) is 0 Å². The average Bonchev–Trinajstić information content (AvgIpc) is 3.53. The van der Waals surface area contributed by atoms with Crippen LogP contribution in [-0.2, 0) is 14.3 Å². The van der Waals surface area contributed by atoms with Crippen molar-refractivity contribution >= 4 is 12.1 Å². The van der Waals surface area contributed by atoms with Gasteiger partial charge in [-0.3, -0.25) is 4.79 Å². The van der Waals surface area contributed by atoms with Gasteiger partial charge in [0.2, 0.25) is 0 Å². The Morgan fingerprint density at radius 2 is 1.76 bits per heavy atom. The molecular formula is C28H36FNO4. The molecule has 0 bridgehead atoms. The number of carbonyl (C=O) groups is 2. The summed E-state index contributed by atoms with van der Waals surface area (Å²) in [5.74, 6) is -0.458. The molecule has 34 heavy (non-hydrogen) atoms. The third-order valence-electron chi connectivity index (χ3n) is 5.84. The van der Waals surface area contributed by atoms with Crippen molar-refractivity contribution in [1.29, 1.82) is 0 Å². The van der Waals surface area contributed by atoms with Crippen LogP contribution >= 0.6 is 0 Å². The Hall–Kier alpha value is -2.89. The van der Waals surface area contributed by atoms with E-state index in [0.29, 0.717) is 11.5 Å². The Bertz CT molecular complexity index is 1080. The van der Waals surface area contributed by atoms with Crippen LogP contribution in [0.15, 0.2) is 24.3 Å². The number of halogens is 1. The van der Waals surface area contributed by atoms with E-state index in [1.54, 1.807) is 40.7 Å². The maximum absolute atomic E-state index is 15.5. The van der Waals surface area contributed by atoms with Crippen molar-refractivity contribution in [3.63, 3.8) is 0 Å². The van der Waals surface area contributed by atoms with Crippen molar-refractivity contribution in [2.75, 3.05) is 6.61 Å². The first-order valence-electron chi connectivity index (χ1n) is 12.0. The minimum absolute atomic E-state index is 0.199. The number of amides is 1. The number of nitrogens with one attached hydrogen (secondary N) is 1. The Kier molecular flexibility index (Phi) is 7.69. The van der Waals surface area contributed by atoms with Gasteiger partial charge >= 0.3 is 12.1 Å². The molecular weight excluding hydrogens is 433 g/mol. The molecule has 6 heteroatoms. The minimum Gasteiger partial charge on any atom is -0.466 e. The fourth-order valence-electron chi connectivity index (χ4n) is 4.38. The predicted molar refractivity (Wildman–Crippen MR) is 131 cm³/mol. The zero-order chi connectivity index (χ0) is 25.2. The molecule has 184 valence electrons. The van der Waals surface area contributed by atoms with Crippen LogP contribution in [0.25, 0.3) is 11.1 Å². The van der Waals surface area contributed by atoms with Gasteiger partial charge in [-0.1, -0.05) is 17.7 Å². The Balaban J connectivity index is 2.08. The molecule has 5 nitrogen and oxygen atoms in total. The van der Waals surface area contributed by atoms with E-state index in [9.17, 15) is 9.59 Å². The van der Waals surface area contributed by atoms with Crippen LogP contribution in [0.5, 0.6) is 0 Å². The van der Waals surface area contributed by atoms with Crippen LogP contribution in [0.3, 0.4) is 0 Å². The summed E-state index contributed by atoms with van der Waals surface area (Å²) in [6.07, 6.45) is 1.38. The molecule has 1 amide bonds. The van der Waals surface area contributed by atoms with Crippen molar-refractivity contribution in [2.45, 2.75) is 85.3 Å². The molecule has 0 radical (unpaired) electrons. The molecule has 0 saturated heterocycles. The van der Waals surface area contributed by atoms with Crippen molar-refractivity contribution < 1.29 is 23.5 Å². The van der Waals surface area contributed by atoms with Crippen molar-refractivity contribution in [2.24, 2.45) is 0 Å². The molecule has 1 aliphatic rings. The van der Waals surface area contributed by atoms with Gasteiger partial charge in [0.05, 0.1) is 19.1 Å². The molecule has 2 aromatic carbocycles. The summed E-state index contributed by atoms with van der Waals surface area (Å²) >= 11 is 0. The quantitative estimate of drug-likeness (QED) is 0.452. The van der Waals surface area contributed by atoms with Crippen molar-refractivity contribution in [1.82, 2.24) is 5.32 Å². The maximum Gasteiger partial charge on any atom is 0.408 e. The lowest BCUT2D eigenvalue weighted by molar-refractivity contribution is -0.143. The lowest BCUT2D eigenvalue weighted by Gasteiger charge is -2.25. The zero-order valence-electron chi connectivity index (χ0n) is 21.3. The van der Waals surface area contributed by atoms with Gasteiger partial charge < -0.3 is 14.8 Å². The summed E-state index contributed by atoms with van der Waals surface area (Å²) in [6, 6.07) is 7.02. The first-order chi connectivity index (χ1) is 15.9. The second kappa shape index (κ2) is 10.2. The van der Waals surface area contributed by atoms with E-state index in [1.807, 2.05) is 6.07 Å². The second-order valence-corrected chi connectivity index (χ2v) is 10.2. The number of hydrogen-bond acceptors (Lipinski definition) is 4. The van der Waals surface area contributed by atoms with Crippen LogP contribution in [0.4, 0.5) is 9.18 Å². The third kappa shape index (κ3) is 6.37. The smallest absolute Gasteiger partial charge is 0.408 e. The van der Waals surface area contributed by atoms with E-state index in [0.717, 1.165) is 29.5 Å². The van der Waals surface area contributed by atoms with E-state index < -0.39 is 29.5 Å². The number of rotatable bonds is 7. The van der Waals surface area contributed by atoms with E-state index in [4.69, 9.17) is 9.47 Å². The van der Waals surface area contributed by atoms with Crippen LogP contribution in [-0.4, -0.2) is 24.3 Å². The molecule has 1 N–H and O–H groups in total.